The zero-order chi connectivity index (χ0) is 4.28. The Kier molecular flexibility index (Phi) is 10.6. The zero-order valence-corrected chi connectivity index (χ0v) is 9.15. The van der Waals surface area contributed by atoms with Crippen molar-refractivity contribution >= 4 is 52.8 Å². The van der Waals surface area contributed by atoms with E-state index in [-0.39, 0.29) is 19.8 Å². The molecule has 0 aromatic carbocycles. The molecule has 0 saturated heterocycles. The van der Waals surface area contributed by atoms with Crippen molar-refractivity contribution in [1.82, 2.24) is 0 Å². The predicted octanol–water partition coefficient (Wildman–Crippen LogP) is -2.80. The summed E-state index contributed by atoms with van der Waals surface area (Å²) in [6.45, 7) is 0. The van der Waals surface area contributed by atoms with Gasteiger partial charge in [0.2, 0.25) is 0 Å². The second-order valence-corrected chi connectivity index (χ2v) is 7.95. The van der Waals surface area contributed by atoms with E-state index in [0.717, 1.165) is 0 Å². The van der Waals surface area contributed by atoms with E-state index in [1.807, 2.05) is 0 Å². The fourth-order valence-corrected chi connectivity index (χ4v) is 0. The predicted molar refractivity (Wildman–Crippen MR) is 35.1 cm³/mol. The molecule has 0 aliphatic carbocycles. The van der Waals surface area contributed by atoms with Gasteiger partial charge in [-0.15, -0.1) is 0 Å². The number of rotatable bonds is 1. The first-order valence-corrected chi connectivity index (χ1v) is 15.2. The molecule has 1 N–H and O–H groups in total. The van der Waals surface area contributed by atoms with Crippen LogP contribution in [-0.4, -0.2) is 57.9 Å². The van der Waals surface area contributed by atoms with Gasteiger partial charge in [0.25, 0.3) is 0 Å². The van der Waals surface area contributed by atoms with Crippen LogP contribution in [0.4, 0.5) is 4.79 Å². The second-order valence-electron chi connectivity index (χ2n) is 0.555. The van der Waals surface area contributed by atoms with Crippen molar-refractivity contribution in [1.29, 1.82) is 0 Å². The number of hydrogen-bond donors (Lipinski definition) is 1. The maximum absolute atomic E-state index is 9.47. The Hall–Kier alpha value is 1.21. The van der Waals surface area contributed by atoms with Gasteiger partial charge in [0.05, 0.1) is 0 Å². The van der Waals surface area contributed by atoms with Crippen LogP contribution >= 0.6 is 0 Å². The van der Waals surface area contributed by atoms with Gasteiger partial charge in [-0.1, -0.05) is 0 Å². The van der Waals surface area contributed by atoms with Crippen LogP contribution in [0.25, 0.3) is 0 Å². The molecule has 5 heteroatoms. The Labute approximate surface area is 62.4 Å². The Morgan fingerprint density at radius 3 is 2.00 bits per heavy atom. The molecule has 0 aromatic rings. The molecular weight excluding hydrogens is 261 g/mol. The molecule has 36 valence electrons. The van der Waals surface area contributed by atoms with E-state index in [4.69, 9.17) is 5.11 Å². The minimum atomic E-state index is -0.537. The number of carboxylic acid groups (broad SMARTS) is 1. The van der Waals surface area contributed by atoms with Crippen molar-refractivity contribution in [2.75, 3.05) is 0 Å². The first-order chi connectivity index (χ1) is 2.27. The summed E-state index contributed by atoms with van der Waals surface area (Å²) >= 11 is 0.159. The normalized spacial score (nSPS) is 8.67. The molecule has 0 bridgehead atoms. The van der Waals surface area contributed by atoms with E-state index in [0.29, 0.717) is 14.5 Å². The van der Waals surface area contributed by atoms with Crippen LogP contribution in [0.5, 0.6) is 0 Å². The fourth-order valence-electron chi connectivity index (χ4n) is 0. The van der Waals surface area contributed by atoms with Crippen LogP contribution in [0.15, 0.2) is 0 Å². The van der Waals surface area contributed by atoms with Gasteiger partial charge in [-0.05, 0) is 0 Å². The molecule has 1 atom stereocenters. The van der Waals surface area contributed by atoms with Gasteiger partial charge in [-0.2, -0.15) is 0 Å². The van der Waals surface area contributed by atoms with Crippen LogP contribution in [0, 0.1) is 0 Å². The van der Waals surface area contributed by atoms with Crippen LogP contribution in [0.3, 0.4) is 0 Å². The monoisotopic (exact) mass is 270 g/mol. The van der Waals surface area contributed by atoms with Crippen molar-refractivity contribution < 1.29 is 9.90 Å². The molecule has 0 saturated carbocycles. The average molecular weight is 269 g/mol. The molecule has 1 unspecified atom stereocenters. The molecule has 2 nitrogen and oxygen atoms in total. The van der Waals surface area contributed by atoms with Gasteiger partial charge in [-0.3, -0.25) is 0 Å². The second kappa shape index (κ2) is 6.21. The average Bonchev–Trinajstić information content (AvgIpc) is 1.38. The molecule has 0 heterocycles. The summed E-state index contributed by atoms with van der Waals surface area (Å²) in [7, 11) is 0. The van der Waals surface area contributed by atoms with Crippen molar-refractivity contribution in [2.24, 2.45) is 0 Å². The molecule has 0 spiro atoms. The third-order valence-electron chi connectivity index (χ3n) is 0.214. The van der Waals surface area contributed by atoms with Gasteiger partial charge in [0.1, 0.15) is 0 Å². The van der Waals surface area contributed by atoms with Gasteiger partial charge in [-0.25, -0.2) is 0 Å². The third kappa shape index (κ3) is 8.96. The molecule has 0 aromatic heterocycles. The molecule has 0 aliphatic rings. The van der Waals surface area contributed by atoms with Crippen molar-refractivity contribution in [3.05, 3.63) is 0 Å². The van der Waals surface area contributed by atoms with Crippen molar-refractivity contribution in [2.45, 2.75) is 0 Å². The topological polar surface area (TPSA) is 37.3 Å². The molecule has 0 rings (SSSR count). The Bertz CT molecular complexity index is 48.8. The van der Waals surface area contributed by atoms with Gasteiger partial charge in [0, 0.05) is 0 Å². The van der Waals surface area contributed by atoms with Crippen molar-refractivity contribution in [3.8, 4) is 0 Å². The van der Waals surface area contributed by atoms with E-state index >= 15 is 0 Å². The molecular formula is CH8AsGaGeO2. The fraction of sp³-hybridized carbons (Fsp3) is 0. The Morgan fingerprint density at radius 1 is 1.83 bits per heavy atom. The summed E-state index contributed by atoms with van der Waals surface area (Å²) in [5.41, 5.74) is 0. The van der Waals surface area contributed by atoms with Crippen LogP contribution in [0.1, 0.15) is 0 Å². The van der Waals surface area contributed by atoms with Crippen LogP contribution < -0.4 is 0 Å². The number of hydrogen-bond acceptors (Lipinski definition) is 1. The summed E-state index contributed by atoms with van der Waals surface area (Å²) in [5, 5.41) is 7.82. The van der Waals surface area contributed by atoms with Crippen molar-refractivity contribution in [3.63, 3.8) is 0 Å². The molecule has 0 radical (unpaired) electrons. The Balaban J connectivity index is 0. The summed E-state index contributed by atoms with van der Waals surface area (Å²) in [5.74, 6) is 0. The molecule has 0 amide bonds. The van der Waals surface area contributed by atoms with Crippen LogP contribution in [0.2, 0.25) is 0 Å². The quantitative estimate of drug-likeness (QED) is 0.522. The minimum absolute atomic E-state index is 0. The van der Waals surface area contributed by atoms with E-state index < -0.39 is 18.5 Å². The first kappa shape index (κ1) is 10.2. The van der Waals surface area contributed by atoms with E-state index in [2.05, 4.69) is 0 Å². The van der Waals surface area contributed by atoms with E-state index in [1.54, 1.807) is 0 Å². The molecule has 6 heavy (non-hydrogen) atoms. The third-order valence-corrected chi connectivity index (χ3v) is 5.77. The van der Waals surface area contributed by atoms with Gasteiger partial charge in [0.15, 0.2) is 0 Å². The maximum atomic E-state index is 9.47. The standard InChI is InChI=1S/CH5AsGeO2.Ga.3H/c3-2-1(4)5;;;;/h2H,3H3,(H,4,5);;;;. The zero-order valence-electron chi connectivity index (χ0n) is 2.86. The summed E-state index contributed by atoms with van der Waals surface area (Å²) < 4.78 is -0.537. The summed E-state index contributed by atoms with van der Waals surface area (Å²) in [6, 6.07) is 0. The van der Waals surface area contributed by atoms with Gasteiger partial charge >= 0.3 is 62.7 Å². The number of carbonyl (C=O) groups is 1. The van der Waals surface area contributed by atoms with Crippen LogP contribution in [-0.2, 0) is 0 Å². The summed E-state index contributed by atoms with van der Waals surface area (Å²) in [4.78, 5) is 9.47. The first-order valence-electron chi connectivity index (χ1n) is 1.18. The van der Waals surface area contributed by atoms with Gasteiger partial charge < -0.3 is 0 Å². The molecule has 0 aliphatic heterocycles. The molecule has 0 fully saturated rings. The Morgan fingerprint density at radius 2 is 2.00 bits per heavy atom. The summed E-state index contributed by atoms with van der Waals surface area (Å²) in [6.07, 6.45) is 0. The van der Waals surface area contributed by atoms with E-state index in [9.17, 15) is 4.79 Å². The van der Waals surface area contributed by atoms with E-state index in [1.165, 1.54) is 0 Å². The SMILES string of the molecule is O=C(O)[AsH][GeH3].[GaH3].